The van der Waals surface area contributed by atoms with Gasteiger partial charge in [-0.3, -0.25) is 14.6 Å². The zero-order valence-corrected chi connectivity index (χ0v) is 14.9. The third-order valence-corrected chi connectivity index (χ3v) is 3.75. The first-order valence-electron chi connectivity index (χ1n) is 7.95. The smallest absolute Gasteiger partial charge is 0.240 e. The number of ether oxygens (including phenoxy) is 1. The minimum atomic E-state index is -1.07. The van der Waals surface area contributed by atoms with E-state index in [0.29, 0.717) is 22.1 Å². The number of para-hydroxylation sites is 3. The molecule has 0 aliphatic rings. The lowest BCUT2D eigenvalue weighted by Gasteiger charge is -2.14. The number of anilines is 1. The number of ketones is 1. The van der Waals surface area contributed by atoms with Crippen LogP contribution in [0.25, 0.3) is 0 Å². The van der Waals surface area contributed by atoms with Gasteiger partial charge in [-0.25, -0.2) is 0 Å². The van der Waals surface area contributed by atoms with Gasteiger partial charge in [0, 0.05) is 6.21 Å². The second kappa shape index (κ2) is 9.70. The maximum Gasteiger partial charge on any atom is 0.240 e. The molecular formula is C19H19ClN2O4. The molecular weight excluding hydrogens is 356 g/mol. The molecule has 2 rings (SSSR count). The van der Waals surface area contributed by atoms with Gasteiger partial charge in [-0.1, -0.05) is 35.9 Å². The molecule has 26 heavy (non-hydrogen) atoms. The molecule has 0 spiro atoms. The maximum absolute atomic E-state index is 12.5. The Morgan fingerprint density at radius 3 is 2.62 bits per heavy atom. The number of nitrogens with zero attached hydrogens (tertiary/aromatic N) is 1. The highest BCUT2D eigenvalue weighted by atomic mass is 35.5. The lowest BCUT2D eigenvalue weighted by atomic mass is 10.1. The van der Waals surface area contributed by atoms with Crippen LogP contribution in [0.3, 0.4) is 0 Å². The van der Waals surface area contributed by atoms with Gasteiger partial charge in [-0.15, -0.1) is 0 Å². The number of hydrogen-bond donors (Lipinski definition) is 2. The molecule has 0 aromatic heterocycles. The van der Waals surface area contributed by atoms with Crippen molar-refractivity contribution in [3.05, 3.63) is 53.6 Å². The van der Waals surface area contributed by atoms with Crippen molar-refractivity contribution in [3.63, 3.8) is 0 Å². The van der Waals surface area contributed by atoms with Crippen molar-refractivity contribution in [1.82, 2.24) is 0 Å². The molecule has 0 radical (unpaired) electrons. The van der Waals surface area contributed by atoms with E-state index in [1.807, 2.05) is 0 Å². The van der Waals surface area contributed by atoms with Crippen molar-refractivity contribution in [1.29, 1.82) is 0 Å². The standard InChI is InChI=1S/C19H19ClN2O4/c1-13(24)14(12-21-16-7-3-2-6-15(16)20)19(25)22-17-8-4-5-9-18(17)26-11-10-23/h2-9,12,14,23H,10-11H2,1H3,(H,22,25). The van der Waals surface area contributed by atoms with E-state index in [-0.39, 0.29) is 19.0 Å². The van der Waals surface area contributed by atoms with Crippen molar-refractivity contribution in [2.24, 2.45) is 10.9 Å². The van der Waals surface area contributed by atoms with Gasteiger partial charge in [0.2, 0.25) is 5.91 Å². The first-order valence-corrected chi connectivity index (χ1v) is 8.33. The predicted molar refractivity (Wildman–Crippen MR) is 101 cm³/mol. The van der Waals surface area contributed by atoms with Crippen LogP contribution in [0.2, 0.25) is 5.02 Å². The summed E-state index contributed by atoms with van der Waals surface area (Å²) >= 11 is 6.03. The molecule has 0 saturated heterocycles. The summed E-state index contributed by atoms with van der Waals surface area (Å²) in [5.74, 6) is -1.56. The van der Waals surface area contributed by atoms with E-state index in [4.69, 9.17) is 21.4 Å². The lowest BCUT2D eigenvalue weighted by molar-refractivity contribution is -0.126. The molecule has 0 bridgehead atoms. The number of Topliss-reactive ketones (excluding diaryl/α,β-unsaturated/α-hetero) is 1. The Kier molecular flexibility index (Phi) is 7.32. The predicted octanol–water partition coefficient (Wildman–Crippen LogP) is 3.26. The lowest BCUT2D eigenvalue weighted by Crippen LogP contribution is -2.29. The first kappa shape index (κ1) is 19.6. The summed E-state index contributed by atoms with van der Waals surface area (Å²) in [4.78, 5) is 28.6. The molecule has 2 aromatic rings. The van der Waals surface area contributed by atoms with Crippen LogP contribution in [-0.2, 0) is 9.59 Å². The van der Waals surface area contributed by atoms with E-state index in [1.54, 1.807) is 48.5 Å². The summed E-state index contributed by atoms with van der Waals surface area (Å²) in [5.41, 5.74) is 0.878. The number of carbonyl (C=O) groups excluding carboxylic acids is 2. The Morgan fingerprint density at radius 2 is 1.92 bits per heavy atom. The van der Waals surface area contributed by atoms with Crippen molar-refractivity contribution >= 4 is 40.9 Å². The van der Waals surface area contributed by atoms with Crippen LogP contribution in [-0.4, -0.2) is 36.2 Å². The van der Waals surface area contributed by atoms with Crippen LogP contribution in [0.5, 0.6) is 5.75 Å². The van der Waals surface area contributed by atoms with Crippen LogP contribution in [0, 0.1) is 5.92 Å². The molecule has 0 fully saturated rings. The molecule has 7 heteroatoms. The molecule has 0 saturated carbocycles. The average Bonchev–Trinajstić information content (AvgIpc) is 2.62. The van der Waals surface area contributed by atoms with E-state index in [2.05, 4.69) is 10.3 Å². The average molecular weight is 375 g/mol. The molecule has 0 aliphatic heterocycles. The Balaban J connectivity index is 2.17. The fourth-order valence-electron chi connectivity index (χ4n) is 2.13. The summed E-state index contributed by atoms with van der Waals surface area (Å²) in [6.45, 7) is 1.26. The van der Waals surface area contributed by atoms with Crippen molar-refractivity contribution < 1.29 is 19.4 Å². The van der Waals surface area contributed by atoms with E-state index >= 15 is 0 Å². The van der Waals surface area contributed by atoms with E-state index < -0.39 is 11.8 Å². The van der Waals surface area contributed by atoms with Gasteiger partial charge in [-0.2, -0.15) is 0 Å². The molecule has 136 valence electrons. The molecule has 1 atom stereocenters. The van der Waals surface area contributed by atoms with E-state index in [9.17, 15) is 9.59 Å². The summed E-state index contributed by atoms with van der Waals surface area (Å²) in [7, 11) is 0. The van der Waals surface area contributed by atoms with Gasteiger partial charge < -0.3 is 15.2 Å². The molecule has 6 nitrogen and oxygen atoms in total. The third-order valence-electron chi connectivity index (χ3n) is 3.43. The summed E-state index contributed by atoms with van der Waals surface area (Å²) in [6, 6.07) is 13.7. The second-order valence-corrected chi connectivity index (χ2v) is 5.78. The molecule has 1 amide bonds. The number of aliphatic hydroxyl groups is 1. The van der Waals surface area contributed by atoms with E-state index in [0.717, 1.165) is 0 Å². The fourth-order valence-corrected chi connectivity index (χ4v) is 2.31. The monoisotopic (exact) mass is 374 g/mol. The molecule has 2 N–H and O–H groups in total. The number of amides is 1. The van der Waals surface area contributed by atoms with Gasteiger partial charge in [0.15, 0.2) is 0 Å². The van der Waals surface area contributed by atoms with Crippen molar-refractivity contribution in [2.45, 2.75) is 6.92 Å². The summed E-state index contributed by atoms with van der Waals surface area (Å²) in [6.07, 6.45) is 1.27. The van der Waals surface area contributed by atoms with Crippen LogP contribution < -0.4 is 10.1 Å². The number of aliphatic imine (C=N–C) groups is 1. The highest BCUT2D eigenvalue weighted by Gasteiger charge is 2.22. The number of aliphatic hydroxyl groups excluding tert-OH is 1. The highest BCUT2D eigenvalue weighted by Crippen LogP contribution is 2.25. The van der Waals surface area contributed by atoms with Gasteiger partial charge in [0.25, 0.3) is 0 Å². The Labute approximate surface area is 156 Å². The fraction of sp³-hybridized carbons (Fsp3) is 0.211. The number of rotatable bonds is 8. The number of hydrogen-bond acceptors (Lipinski definition) is 5. The minimum absolute atomic E-state index is 0.0942. The van der Waals surface area contributed by atoms with Gasteiger partial charge >= 0.3 is 0 Å². The zero-order chi connectivity index (χ0) is 18.9. The Morgan fingerprint density at radius 1 is 1.23 bits per heavy atom. The Hall–Kier alpha value is -2.70. The molecule has 0 heterocycles. The number of carbonyl (C=O) groups is 2. The minimum Gasteiger partial charge on any atom is -0.489 e. The SMILES string of the molecule is CC(=O)C(C=Nc1ccccc1Cl)C(=O)Nc1ccccc1OCCO. The van der Waals surface area contributed by atoms with E-state index in [1.165, 1.54) is 13.1 Å². The van der Waals surface area contributed by atoms with Gasteiger partial charge in [-0.05, 0) is 31.2 Å². The first-order chi connectivity index (χ1) is 12.5. The normalized spacial score (nSPS) is 12.0. The van der Waals surface area contributed by atoms with Gasteiger partial charge in [0.05, 0.1) is 23.0 Å². The van der Waals surface area contributed by atoms with Gasteiger partial charge in [0.1, 0.15) is 24.1 Å². The molecule has 2 aromatic carbocycles. The van der Waals surface area contributed by atoms with Crippen LogP contribution in [0.15, 0.2) is 53.5 Å². The quantitative estimate of drug-likeness (QED) is 0.548. The summed E-state index contributed by atoms with van der Waals surface area (Å²) < 4.78 is 5.37. The number of benzene rings is 2. The van der Waals surface area contributed by atoms with Crippen LogP contribution in [0.1, 0.15) is 6.92 Å². The van der Waals surface area contributed by atoms with Crippen molar-refractivity contribution in [3.8, 4) is 5.75 Å². The molecule has 0 aliphatic carbocycles. The maximum atomic E-state index is 12.5. The zero-order valence-electron chi connectivity index (χ0n) is 14.2. The third kappa shape index (κ3) is 5.40. The topological polar surface area (TPSA) is 88.0 Å². The van der Waals surface area contributed by atoms with Crippen LogP contribution >= 0.6 is 11.6 Å². The van der Waals surface area contributed by atoms with Crippen LogP contribution in [0.4, 0.5) is 11.4 Å². The number of halogens is 1. The largest absolute Gasteiger partial charge is 0.489 e. The summed E-state index contributed by atoms with van der Waals surface area (Å²) in [5, 5.41) is 12.0. The highest BCUT2D eigenvalue weighted by molar-refractivity contribution is 6.33. The number of nitrogens with one attached hydrogen (secondary N) is 1. The Bertz CT molecular complexity index is 808. The van der Waals surface area contributed by atoms with Crippen molar-refractivity contribution in [2.75, 3.05) is 18.5 Å². The molecule has 1 unspecified atom stereocenters. The second-order valence-electron chi connectivity index (χ2n) is 5.38.